The molecule has 0 radical (unpaired) electrons. The van der Waals surface area contributed by atoms with Crippen molar-refractivity contribution in [2.45, 2.75) is 34.2 Å². The molecule has 0 saturated heterocycles. The van der Waals surface area contributed by atoms with Crippen LogP contribution in [0.15, 0.2) is 70.4 Å². The number of aliphatic imine (C=N–C) groups is 1. The minimum absolute atomic E-state index is 0.840. The van der Waals surface area contributed by atoms with Gasteiger partial charge >= 0.3 is 0 Å². The number of nitrogens with zero attached hydrogens (tertiary/aromatic N) is 2. The largest absolute Gasteiger partial charge is 0.366 e. The third-order valence-corrected chi connectivity index (χ3v) is 3.52. The van der Waals surface area contributed by atoms with Crippen molar-refractivity contribution in [3.63, 3.8) is 0 Å². The second-order valence-corrected chi connectivity index (χ2v) is 6.13. The topological polar surface area (TPSA) is 27.6 Å². The lowest BCUT2D eigenvalue weighted by molar-refractivity contribution is 0.551. The van der Waals surface area contributed by atoms with Crippen LogP contribution in [0, 0.1) is 0 Å². The summed E-state index contributed by atoms with van der Waals surface area (Å²) >= 11 is 0. The molecule has 3 nitrogen and oxygen atoms in total. The summed E-state index contributed by atoms with van der Waals surface area (Å²) in [5.41, 5.74) is 4.72. The van der Waals surface area contributed by atoms with Crippen molar-refractivity contribution in [1.82, 2.24) is 10.2 Å². The molecule has 130 valence electrons. The highest BCUT2D eigenvalue weighted by molar-refractivity contribution is 5.58. The lowest BCUT2D eigenvalue weighted by atomic mass is 10.1. The van der Waals surface area contributed by atoms with Crippen LogP contribution in [0.5, 0.6) is 0 Å². The zero-order chi connectivity index (χ0) is 17.8. The number of rotatable bonds is 9. The highest BCUT2D eigenvalue weighted by Gasteiger charge is 1.96. The van der Waals surface area contributed by atoms with Gasteiger partial charge in [-0.05, 0) is 44.9 Å². The summed E-state index contributed by atoms with van der Waals surface area (Å²) < 4.78 is 0. The highest BCUT2D eigenvalue weighted by atomic mass is 15.1. The number of hydrogen-bond acceptors (Lipinski definition) is 2. The van der Waals surface area contributed by atoms with Gasteiger partial charge in [0.25, 0.3) is 0 Å². The molecule has 0 aliphatic carbocycles. The van der Waals surface area contributed by atoms with Gasteiger partial charge in [0.15, 0.2) is 0 Å². The quantitative estimate of drug-likeness (QED) is 0.312. The van der Waals surface area contributed by atoms with Crippen molar-refractivity contribution in [3.8, 4) is 0 Å². The van der Waals surface area contributed by atoms with Gasteiger partial charge in [0.05, 0.1) is 12.0 Å². The Balaban J connectivity index is 2.63. The molecule has 0 saturated carbocycles. The van der Waals surface area contributed by atoms with Crippen LogP contribution >= 0.6 is 0 Å². The summed E-state index contributed by atoms with van der Waals surface area (Å²) in [6, 6.07) is 10.4. The van der Waals surface area contributed by atoms with Gasteiger partial charge in [-0.2, -0.15) is 0 Å². The standard InChI is InChI=1S/C21H31N3/c1-6-24(5)17-23-21(15-18(2)3)19(4)11-10-14-22-16-20-12-8-7-9-13-20/h7-13,15,17,22H,6,14,16H2,1-5H3/b11-10+,21-19+,23-17+. The Bertz CT molecular complexity index is 591. The maximum atomic E-state index is 4.61. The summed E-state index contributed by atoms with van der Waals surface area (Å²) in [4.78, 5) is 6.68. The molecule has 0 spiro atoms. The summed E-state index contributed by atoms with van der Waals surface area (Å²) in [5.74, 6) is 0. The van der Waals surface area contributed by atoms with Crippen LogP contribution < -0.4 is 5.32 Å². The van der Waals surface area contributed by atoms with E-state index in [4.69, 9.17) is 0 Å². The van der Waals surface area contributed by atoms with Gasteiger partial charge in [-0.3, -0.25) is 0 Å². The minimum atomic E-state index is 0.840. The van der Waals surface area contributed by atoms with Crippen LogP contribution in [0.4, 0.5) is 0 Å². The molecule has 3 heteroatoms. The molecule has 0 fully saturated rings. The Morgan fingerprint density at radius 1 is 1.17 bits per heavy atom. The zero-order valence-electron chi connectivity index (χ0n) is 15.7. The van der Waals surface area contributed by atoms with Crippen molar-refractivity contribution < 1.29 is 0 Å². The van der Waals surface area contributed by atoms with E-state index in [-0.39, 0.29) is 0 Å². The molecule has 0 bridgehead atoms. The van der Waals surface area contributed by atoms with E-state index in [1.807, 2.05) is 19.5 Å². The van der Waals surface area contributed by atoms with Crippen LogP contribution in [-0.4, -0.2) is 31.4 Å². The number of allylic oxidation sites excluding steroid dienone is 4. The minimum Gasteiger partial charge on any atom is -0.366 e. The second-order valence-electron chi connectivity index (χ2n) is 6.13. The van der Waals surface area contributed by atoms with E-state index in [1.54, 1.807) is 0 Å². The Morgan fingerprint density at radius 2 is 1.88 bits per heavy atom. The molecule has 1 aromatic rings. The lowest BCUT2D eigenvalue weighted by Gasteiger charge is -2.09. The van der Waals surface area contributed by atoms with Gasteiger partial charge < -0.3 is 10.2 Å². The molecule has 0 aromatic heterocycles. The highest BCUT2D eigenvalue weighted by Crippen LogP contribution is 2.11. The van der Waals surface area contributed by atoms with Crippen molar-refractivity contribution in [2.75, 3.05) is 20.1 Å². The third kappa shape index (κ3) is 8.49. The van der Waals surface area contributed by atoms with E-state index in [1.165, 1.54) is 16.7 Å². The zero-order valence-corrected chi connectivity index (χ0v) is 15.7. The molecular weight excluding hydrogens is 294 g/mol. The van der Waals surface area contributed by atoms with Crippen LogP contribution in [0.1, 0.15) is 33.3 Å². The fourth-order valence-corrected chi connectivity index (χ4v) is 1.99. The second kappa shape index (κ2) is 11.4. The molecule has 0 aliphatic heterocycles. The fourth-order valence-electron chi connectivity index (χ4n) is 1.99. The van der Waals surface area contributed by atoms with E-state index in [0.29, 0.717) is 0 Å². The average Bonchev–Trinajstić information content (AvgIpc) is 2.58. The fraction of sp³-hybridized carbons (Fsp3) is 0.381. The first-order chi connectivity index (χ1) is 11.5. The van der Waals surface area contributed by atoms with E-state index in [0.717, 1.165) is 25.3 Å². The van der Waals surface area contributed by atoms with Gasteiger partial charge in [-0.25, -0.2) is 4.99 Å². The maximum absolute atomic E-state index is 4.61. The molecule has 0 atom stereocenters. The lowest BCUT2D eigenvalue weighted by Crippen LogP contribution is -2.14. The van der Waals surface area contributed by atoms with Crippen LogP contribution in [0.2, 0.25) is 0 Å². The SMILES string of the molecule is CCN(C)/C=N/C(C=C(C)C)=C(C)/C=C/CNCc1ccccc1. The van der Waals surface area contributed by atoms with E-state index >= 15 is 0 Å². The van der Waals surface area contributed by atoms with Crippen LogP contribution in [-0.2, 0) is 6.54 Å². The normalized spacial score (nSPS) is 12.5. The van der Waals surface area contributed by atoms with Crippen molar-refractivity contribution >= 4 is 6.34 Å². The smallest absolute Gasteiger partial charge is 0.0909 e. The van der Waals surface area contributed by atoms with Crippen molar-refractivity contribution in [2.24, 2.45) is 4.99 Å². The summed E-state index contributed by atoms with van der Waals surface area (Å²) in [6.07, 6.45) is 8.29. The molecule has 0 heterocycles. The van der Waals surface area contributed by atoms with Crippen LogP contribution in [0.3, 0.4) is 0 Å². The third-order valence-electron chi connectivity index (χ3n) is 3.52. The monoisotopic (exact) mass is 325 g/mol. The number of nitrogens with one attached hydrogen (secondary N) is 1. The van der Waals surface area contributed by atoms with E-state index in [9.17, 15) is 0 Å². The summed E-state index contributed by atoms with van der Waals surface area (Å²) in [6.45, 7) is 11.1. The van der Waals surface area contributed by atoms with Gasteiger partial charge in [0.2, 0.25) is 0 Å². The first kappa shape index (κ1) is 19.9. The summed E-state index contributed by atoms with van der Waals surface area (Å²) in [7, 11) is 2.03. The Morgan fingerprint density at radius 3 is 2.50 bits per heavy atom. The average molecular weight is 326 g/mol. The molecule has 0 aliphatic rings. The van der Waals surface area contributed by atoms with Gasteiger partial charge in [0.1, 0.15) is 0 Å². The maximum Gasteiger partial charge on any atom is 0.0909 e. The Kier molecular flexibility index (Phi) is 9.47. The summed E-state index contributed by atoms with van der Waals surface area (Å²) in [5, 5.41) is 3.42. The predicted molar refractivity (Wildman–Crippen MR) is 106 cm³/mol. The number of hydrogen-bond donors (Lipinski definition) is 1. The molecule has 1 N–H and O–H groups in total. The molecule has 1 aromatic carbocycles. The predicted octanol–water partition coefficient (Wildman–Crippen LogP) is 4.55. The molecule has 1 rings (SSSR count). The van der Waals surface area contributed by atoms with Crippen molar-refractivity contribution in [3.05, 3.63) is 71.0 Å². The Labute approximate surface area is 147 Å². The first-order valence-corrected chi connectivity index (χ1v) is 8.54. The number of benzene rings is 1. The van der Waals surface area contributed by atoms with Gasteiger partial charge in [-0.1, -0.05) is 48.1 Å². The van der Waals surface area contributed by atoms with E-state index < -0.39 is 0 Å². The molecule has 24 heavy (non-hydrogen) atoms. The molecule has 0 unspecified atom stereocenters. The first-order valence-electron chi connectivity index (χ1n) is 8.54. The van der Waals surface area contributed by atoms with E-state index in [2.05, 4.69) is 85.4 Å². The Hall–Kier alpha value is -2.13. The molecular formula is C21H31N3. The van der Waals surface area contributed by atoms with Crippen LogP contribution in [0.25, 0.3) is 0 Å². The molecule has 0 amide bonds. The van der Waals surface area contributed by atoms with Gasteiger partial charge in [-0.15, -0.1) is 0 Å². The van der Waals surface area contributed by atoms with Gasteiger partial charge in [0, 0.05) is 26.7 Å². The van der Waals surface area contributed by atoms with Crippen molar-refractivity contribution in [1.29, 1.82) is 0 Å².